The van der Waals surface area contributed by atoms with E-state index >= 15 is 0 Å². The van der Waals surface area contributed by atoms with Crippen LogP contribution in [0, 0.1) is 0 Å². The number of hydrogen-bond acceptors (Lipinski definition) is 2. The van der Waals surface area contributed by atoms with Crippen LogP contribution in [0.1, 0.15) is 59.3 Å². The van der Waals surface area contributed by atoms with E-state index in [9.17, 15) is 0 Å². The predicted octanol–water partition coefficient (Wildman–Crippen LogP) is 3.67. The Balaban J connectivity index is 0.000000791. The number of rotatable bonds is 4. The first-order chi connectivity index (χ1) is 6.93. The minimum Gasteiger partial charge on any atom is -0.297 e. The summed E-state index contributed by atoms with van der Waals surface area (Å²) < 4.78 is 0. The van der Waals surface area contributed by atoms with E-state index in [1.807, 2.05) is 13.8 Å². The summed E-state index contributed by atoms with van der Waals surface area (Å²) in [5.41, 5.74) is 0. The highest BCUT2D eigenvalue weighted by Crippen LogP contribution is 2.08. The molecule has 0 N–H and O–H groups in total. The van der Waals surface area contributed by atoms with Gasteiger partial charge in [-0.15, -0.1) is 0 Å². The molecular formula is C12H26N2. The SMILES string of the molecule is CC.CCCC/C=N/N1CCCCC1. The Morgan fingerprint density at radius 3 is 2.36 bits per heavy atom. The lowest BCUT2D eigenvalue weighted by atomic mass is 10.2. The molecule has 1 saturated heterocycles. The lowest BCUT2D eigenvalue weighted by Gasteiger charge is -2.23. The van der Waals surface area contributed by atoms with Gasteiger partial charge in [0, 0.05) is 19.3 Å². The molecule has 0 amide bonds. The smallest absolute Gasteiger partial charge is 0.0360 e. The number of hydrazone groups is 1. The van der Waals surface area contributed by atoms with Crippen molar-refractivity contribution in [2.45, 2.75) is 59.3 Å². The van der Waals surface area contributed by atoms with E-state index in [4.69, 9.17) is 0 Å². The number of unbranched alkanes of at least 4 members (excludes halogenated alkanes) is 2. The zero-order chi connectivity index (χ0) is 10.6. The molecule has 84 valence electrons. The lowest BCUT2D eigenvalue weighted by molar-refractivity contribution is 0.240. The molecule has 1 aliphatic rings. The first-order valence-corrected chi connectivity index (χ1v) is 6.21. The summed E-state index contributed by atoms with van der Waals surface area (Å²) in [6.07, 6.45) is 9.81. The molecule has 2 nitrogen and oxygen atoms in total. The summed E-state index contributed by atoms with van der Waals surface area (Å²) in [6.45, 7) is 8.56. The summed E-state index contributed by atoms with van der Waals surface area (Å²) >= 11 is 0. The van der Waals surface area contributed by atoms with Gasteiger partial charge in [0.25, 0.3) is 0 Å². The molecular weight excluding hydrogens is 172 g/mol. The number of piperidine rings is 1. The van der Waals surface area contributed by atoms with E-state index < -0.39 is 0 Å². The van der Waals surface area contributed by atoms with Crippen LogP contribution in [0.2, 0.25) is 0 Å². The van der Waals surface area contributed by atoms with Gasteiger partial charge in [-0.3, -0.25) is 5.01 Å². The molecule has 1 fully saturated rings. The molecule has 0 aliphatic carbocycles. The van der Waals surface area contributed by atoms with Crippen molar-refractivity contribution in [3.63, 3.8) is 0 Å². The van der Waals surface area contributed by atoms with Crippen molar-refractivity contribution in [3.8, 4) is 0 Å². The van der Waals surface area contributed by atoms with Crippen LogP contribution in [-0.4, -0.2) is 24.3 Å². The maximum Gasteiger partial charge on any atom is 0.0360 e. The Hall–Kier alpha value is -0.530. The highest BCUT2D eigenvalue weighted by Gasteiger charge is 2.05. The van der Waals surface area contributed by atoms with Crippen molar-refractivity contribution >= 4 is 6.21 Å². The van der Waals surface area contributed by atoms with Crippen molar-refractivity contribution in [3.05, 3.63) is 0 Å². The van der Waals surface area contributed by atoms with E-state index in [2.05, 4.69) is 23.2 Å². The molecule has 14 heavy (non-hydrogen) atoms. The van der Waals surface area contributed by atoms with Gasteiger partial charge in [0.15, 0.2) is 0 Å². The normalized spacial score (nSPS) is 16.6. The molecule has 0 bridgehead atoms. The van der Waals surface area contributed by atoms with E-state index in [1.54, 1.807) is 0 Å². The van der Waals surface area contributed by atoms with Crippen LogP contribution < -0.4 is 0 Å². The lowest BCUT2D eigenvalue weighted by Crippen LogP contribution is -2.24. The Labute approximate surface area is 89.4 Å². The molecule has 0 saturated carbocycles. The quantitative estimate of drug-likeness (QED) is 0.497. The van der Waals surface area contributed by atoms with Crippen molar-refractivity contribution in [2.24, 2.45) is 5.10 Å². The topological polar surface area (TPSA) is 15.6 Å². The van der Waals surface area contributed by atoms with Gasteiger partial charge in [0.05, 0.1) is 0 Å². The van der Waals surface area contributed by atoms with E-state index in [0.29, 0.717) is 0 Å². The summed E-state index contributed by atoms with van der Waals surface area (Å²) in [6, 6.07) is 0. The average Bonchev–Trinajstić information content (AvgIpc) is 2.29. The van der Waals surface area contributed by atoms with Crippen LogP contribution in [0.5, 0.6) is 0 Å². The summed E-state index contributed by atoms with van der Waals surface area (Å²) in [4.78, 5) is 0. The molecule has 0 aromatic heterocycles. The van der Waals surface area contributed by atoms with E-state index in [0.717, 1.165) is 6.42 Å². The minimum absolute atomic E-state index is 1.15. The molecule has 1 rings (SSSR count). The van der Waals surface area contributed by atoms with Crippen LogP contribution in [0.4, 0.5) is 0 Å². The standard InChI is InChI=1S/C10H20N2.C2H6/c1-2-3-5-8-11-12-9-6-4-7-10-12;1-2/h8H,2-7,9-10H2,1H3;1-2H3/b11-8+;. The van der Waals surface area contributed by atoms with Crippen molar-refractivity contribution in [1.82, 2.24) is 5.01 Å². The van der Waals surface area contributed by atoms with Crippen LogP contribution in [0.25, 0.3) is 0 Å². The fourth-order valence-corrected chi connectivity index (χ4v) is 1.46. The molecule has 1 aliphatic heterocycles. The fraction of sp³-hybridized carbons (Fsp3) is 0.917. The van der Waals surface area contributed by atoms with Crippen LogP contribution in [0.3, 0.4) is 0 Å². The van der Waals surface area contributed by atoms with Gasteiger partial charge in [0.1, 0.15) is 0 Å². The van der Waals surface area contributed by atoms with Gasteiger partial charge >= 0.3 is 0 Å². The third kappa shape index (κ3) is 6.93. The molecule has 0 spiro atoms. The van der Waals surface area contributed by atoms with Gasteiger partial charge < -0.3 is 0 Å². The predicted molar refractivity (Wildman–Crippen MR) is 64.8 cm³/mol. The molecule has 0 aromatic rings. The van der Waals surface area contributed by atoms with Crippen LogP contribution >= 0.6 is 0 Å². The second-order valence-electron chi connectivity index (χ2n) is 3.45. The second-order valence-corrected chi connectivity index (χ2v) is 3.45. The second kappa shape index (κ2) is 10.6. The van der Waals surface area contributed by atoms with Crippen molar-refractivity contribution < 1.29 is 0 Å². The molecule has 1 heterocycles. The Bertz CT molecular complexity index is 126. The van der Waals surface area contributed by atoms with Crippen LogP contribution in [-0.2, 0) is 0 Å². The van der Waals surface area contributed by atoms with Gasteiger partial charge in [-0.2, -0.15) is 5.10 Å². The van der Waals surface area contributed by atoms with Gasteiger partial charge in [-0.05, 0) is 32.1 Å². The molecule has 0 atom stereocenters. The summed E-state index contributed by atoms with van der Waals surface area (Å²) in [5.74, 6) is 0. The molecule has 0 unspecified atom stereocenters. The van der Waals surface area contributed by atoms with Gasteiger partial charge in [-0.1, -0.05) is 27.2 Å². The monoisotopic (exact) mass is 198 g/mol. The Morgan fingerprint density at radius 2 is 1.79 bits per heavy atom. The van der Waals surface area contributed by atoms with Crippen molar-refractivity contribution in [1.29, 1.82) is 0 Å². The third-order valence-corrected chi connectivity index (χ3v) is 2.26. The first kappa shape index (κ1) is 13.5. The van der Waals surface area contributed by atoms with Gasteiger partial charge in [0.2, 0.25) is 0 Å². The highest BCUT2D eigenvalue weighted by atomic mass is 15.4. The zero-order valence-electron chi connectivity index (χ0n) is 10.1. The largest absolute Gasteiger partial charge is 0.297 e. The van der Waals surface area contributed by atoms with Gasteiger partial charge in [-0.25, -0.2) is 0 Å². The first-order valence-electron chi connectivity index (χ1n) is 6.21. The zero-order valence-corrected chi connectivity index (χ0v) is 10.1. The molecule has 0 radical (unpaired) electrons. The third-order valence-electron chi connectivity index (χ3n) is 2.26. The average molecular weight is 198 g/mol. The maximum absolute atomic E-state index is 4.43. The maximum atomic E-state index is 4.43. The Morgan fingerprint density at radius 1 is 1.14 bits per heavy atom. The molecule has 0 aromatic carbocycles. The fourth-order valence-electron chi connectivity index (χ4n) is 1.46. The number of nitrogens with zero attached hydrogens (tertiary/aromatic N) is 2. The van der Waals surface area contributed by atoms with E-state index in [-0.39, 0.29) is 0 Å². The van der Waals surface area contributed by atoms with E-state index in [1.165, 1.54) is 45.2 Å². The summed E-state index contributed by atoms with van der Waals surface area (Å²) in [5, 5.41) is 6.64. The highest BCUT2D eigenvalue weighted by molar-refractivity contribution is 5.56. The summed E-state index contributed by atoms with van der Waals surface area (Å²) in [7, 11) is 0. The van der Waals surface area contributed by atoms with Crippen molar-refractivity contribution in [2.75, 3.05) is 13.1 Å². The Kier molecular flexibility index (Phi) is 10.2. The van der Waals surface area contributed by atoms with Crippen LogP contribution in [0.15, 0.2) is 5.10 Å². The minimum atomic E-state index is 1.15. The molecule has 2 heteroatoms. The number of hydrogen-bond donors (Lipinski definition) is 0.